The van der Waals surface area contributed by atoms with Crippen molar-refractivity contribution in [2.45, 2.75) is 65.7 Å². The van der Waals surface area contributed by atoms with Gasteiger partial charge in [-0.2, -0.15) is 0 Å². The summed E-state index contributed by atoms with van der Waals surface area (Å²) in [6.45, 7) is 11.6. The third kappa shape index (κ3) is 5.83. The number of anilines is 2. The van der Waals surface area contributed by atoms with E-state index in [0.29, 0.717) is 12.4 Å². The third-order valence-corrected chi connectivity index (χ3v) is 5.63. The van der Waals surface area contributed by atoms with E-state index in [4.69, 9.17) is 4.74 Å². The van der Waals surface area contributed by atoms with Crippen LogP contribution in [0.15, 0.2) is 33.9 Å². The predicted molar refractivity (Wildman–Crippen MR) is 121 cm³/mol. The number of hydrogen-bond acceptors (Lipinski definition) is 5. The van der Waals surface area contributed by atoms with Crippen LogP contribution in [0.3, 0.4) is 0 Å². The highest BCUT2D eigenvalue weighted by Crippen LogP contribution is 2.18. The summed E-state index contributed by atoms with van der Waals surface area (Å²) in [5.41, 5.74) is 2.67. The highest BCUT2D eigenvalue weighted by molar-refractivity contribution is 5.57. The van der Waals surface area contributed by atoms with E-state index in [1.807, 2.05) is 18.2 Å². The summed E-state index contributed by atoms with van der Waals surface area (Å²) < 4.78 is 7.04. The summed E-state index contributed by atoms with van der Waals surface area (Å²) in [5.74, 6) is 0.420. The first-order chi connectivity index (χ1) is 14.4. The van der Waals surface area contributed by atoms with Crippen LogP contribution in [-0.4, -0.2) is 46.3 Å². The predicted octanol–water partition coefficient (Wildman–Crippen LogP) is 3.04. The second-order valence-corrected chi connectivity index (χ2v) is 8.32. The molecule has 2 atom stereocenters. The quantitative estimate of drug-likeness (QED) is 0.649. The molecule has 2 N–H and O–H groups in total. The first kappa shape index (κ1) is 22.3. The molecule has 0 amide bonds. The lowest BCUT2D eigenvalue weighted by atomic mass is 10.1. The Labute approximate surface area is 178 Å². The van der Waals surface area contributed by atoms with Gasteiger partial charge in [-0.15, -0.1) is 0 Å². The lowest BCUT2D eigenvalue weighted by molar-refractivity contribution is -0.0682. The van der Waals surface area contributed by atoms with Gasteiger partial charge in [0.1, 0.15) is 5.82 Å². The molecule has 2 heterocycles. The minimum atomic E-state index is -0.374. The van der Waals surface area contributed by atoms with Gasteiger partial charge in [0.15, 0.2) is 0 Å². The van der Waals surface area contributed by atoms with Crippen LogP contribution in [0.5, 0.6) is 0 Å². The van der Waals surface area contributed by atoms with Gasteiger partial charge < -0.3 is 10.1 Å². The minimum Gasteiger partial charge on any atom is -0.373 e. The highest BCUT2D eigenvalue weighted by atomic mass is 16.5. The van der Waals surface area contributed by atoms with Gasteiger partial charge in [-0.05, 0) is 69.8 Å². The van der Waals surface area contributed by atoms with E-state index in [0.717, 1.165) is 44.6 Å². The van der Waals surface area contributed by atoms with Crippen LogP contribution in [0.4, 0.5) is 11.5 Å². The molecule has 0 spiro atoms. The van der Waals surface area contributed by atoms with E-state index in [1.165, 1.54) is 21.8 Å². The van der Waals surface area contributed by atoms with Crippen molar-refractivity contribution in [3.8, 4) is 0 Å². The van der Waals surface area contributed by atoms with Gasteiger partial charge in [0.25, 0.3) is 5.56 Å². The van der Waals surface area contributed by atoms with Crippen LogP contribution < -0.4 is 16.6 Å². The molecular weight excluding hydrogens is 380 g/mol. The molecule has 0 radical (unpaired) electrons. The molecule has 2 aromatic rings. The number of aromatic nitrogens is 2. The normalized spacial score (nSPS) is 19.7. The minimum absolute atomic E-state index is 0.251. The maximum atomic E-state index is 12.5. The van der Waals surface area contributed by atoms with Gasteiger partial charge in [0.2, 0.25) is 0 Å². The molecule has 1 aliphatic rings. The first-order valence-corrected chi connectivity index (χ1v) is 10.9. The van der Waals surface area contributed by atoms with Crippen molar-refractivity contribution >= 4 is 11.5 Å². The molecule has 30 heavy (non-hydrogen) atoms. The van der Waals surface area contributed by atoms with Crippen molar-refractivity contribution in [2.24, 2.45) is 0 Å². The monoisotopic (exact) mass is 414 g/mol. The van der Waals surface area contributed by atoms with E-state index < -0.39 is 0 Å². The third-order valence-electron chi connectivity index (χ3n) is 5.63. The smallest absolute Gasteiger partial charge is 0.329 e. The molecule has 164 valence electrons. The summed E-state index contributed by atoms with van der Waals surface area (Å²) in [5, 5.41) is 3.15. The van der Waals surface area contributed by atoms with Gasteiger partial charge in [-0.1, -0.05) is 13.0 Å². The van der Waals surface area contributed by atoms with E-state index in [1.54, 1.807) is 0 Å². The Hall–Kier alpha value is -2.38. The molecule has 7 nitrogen and oxygen atoms in total. The van der Waals surface area contributed by atoms with Crippen LogP contribution in [-0.2, 0) is 17.7 Å². The zero-order valence-electron chi connectivity index (χ0n) is 18.5. The molecular formula is C23H34N4O3. The van der Waals surface area contributed by atoms with Crippen molar-refractivity contribution in [1.82, 2.24) is 14.5 Å². The Kier molecular flexibility index (Phi) is 7.50. The van der Waals surface area contributed by atoms with Gasteiger partial charge in [-0.25, -0.2) is 4.79 Å². The maximum absolute atomic E-state index is 12.5. The number of nitrogens with one attached hydrogen (secondary N) is 2. The Bertz CT molecular complexity index is 924. The zero-order valence-corrected chi connectivity index (χ0v) is 18.5. The molecule has 0 bridgehead atoms. The summed E-state index contributed by atoms with van der Waals surface area (Å²) in [6, 6.07) is 7.49. The zero-order chi connectivity index (χ0) is 21.7. The molecule has 3 rings (SSSR count). The first-order valence-electron chi connectivity index (χ1n) is 10.9. The van der Waals surface area contributed by atoms with Crippen LogP contribution >= 0.6 is 0 Å². The second kappa shape index (κ2) is 10.1. The van der Waals surface area contributed by atoms with Crippen LogP contribution in [0, 0.1) is 6.92 Å². The Morgan fingerprint density at radius 3 is 2.47 bits per heavy atom. The van der Waals surface area contributed by atoms with Crippen molar-refractivity contribution in [3.63, 3.8) is 0 Å². The van der Waals surface area contributed by atoms with Gasteiger partial charge in [-0.3, -0.25) is 19.2 Å². The Balaban J connectivity index is 1.57. The molecule has 7 heteroatoms. The van der Waals surface area contributed by atoms with E-state index in [-0.39, 0.29) is 23.5 Å². The summed E-state index contributed by atoms with van der Waals surface area (Å²) in [6.07, 6.45) is 3.16. The molecule has 1 fully saturated rings. The Morgan fingerprint density at radius 1 is 1.10 bits per heavy atom. The van der Waals surface area contributed by atoms with Crippen molar-refractivity contribution in [3.05, 3.63) is 56.2 Å². The number of benzene rings is 1. The van der Waals surface area contributed by atoms with E-state index in [2.05, 4.69) is 42.9 Å². The fraction of sp³-hybridized carbons (Fsp3) is 0.565. The number of aromatic amines is 1. The number of ether oxygens (including phenoxy) is 1. The lowest BCUT2D eigenvalue weighted by Crippen LogP contribution is -2.45. The number of hydrogen-bond donors (Lipinski definition) is 2. The maximum Gasteiger partial charge on any atom is 0.329 e. The fourth-order valence-corrected chi connectivity index (χ4v) is 4.16. The average Bonchev–Trinajstić information content (AvgIpc) is 2.67. The topological polar surface area (TPSA) is 79.4 Å². The number of nitrogens with zero attached hydrogens (tertiary/aromatic N) is 2. The van der Waals surface area contributed by atoms with Crippen molar-refractivity contribution < 1.29 is 4.74 Å². The second-order valence-electron chi connectivity index (χ2n) is 8.32. The lowest BCUT2D eigenvalue weighted by Gasteiger charge is -2.35. The van der Waals surface area contributed by atoms with Gasteiger partial charge >= 0.3 is 5.69 Å². The molecule has 0 aliphatic carbocycles. The Morgan fingerprint density at radius 2 is 1.80 bits per heavy atom. The molecule has 1 aromatic heterocycles. The van der Waals surface area contributed by atoms with Crippen LogP contribution in [0.25, 0.3) is 0 Å². The summed E-state index contributed by atoms with van der Waals surface area (Å²) in [7, 11) is 0. The van der Waals surface area contributed by atoms with E-state index in [9.17, 15) is 9.59 Å². The number of unbranched alkanes of at least 4 members (excludes halogenated alkanes) is 1. The summed E-state index contributed by atoms with van der Waals surface area (Å²) in [4.78, 5) is 30.1. The van der Waals surface area contributed by atoms with Crippen LogP contribution in [0.1, 0.15) is 44.7 Å². The number of H-pyrrole nitrogens is 1. The van der Waals surface area contributed by atoms with Crippen LogP contribution in [0.2, 0.25) is 0 Å². The molecule has 1 aliphatic heterocycles. The standard InChI is InChI=1S/C23H34N4O3/c1-5-19-12-20(9-8-16(19)2)24-21-13-22(28)27(23(29)25-21)11-7-6-10-26-14-17(3)30-18(4)15-26/h8-9,12-13,17-18,24H,5-7,10-11,14-15H2,1-4H3,(H,25,29)/t17-,18+. The molecule has 1 saturated heterocycles. The number of morpholine rings is 1. The number of rotatable bonds is 8. The highest BCUT2D eigenvalue weighted by Gasteiger charge is 2.21. The fourth-order valence-electron chi connectivity index (χ4n) is 4.16. The van der Waals surface area contributed by atoms with Gasteiger partial charge in [0.05, 0.1) is 12.2 Å². The van der Waals surface area contributed by atoms with Gasteiger partial charge in [0, 0.05) is 31.4 Å². The number of aryl methyl sites for hydroxylation is 2. The largest absolute Gasteiger partial charge is 0.373 e. The SMILES string of the molecule is CCc1cc(Nc2cc(=O)n(CCCCN3C[C@@H](C)O[C@@H](C)C3)c(=O)[nH]2)ccc1C. The molecule has 1 aromatic carbocycles. The molecule has 0 saturated carbocycles. The average molecular weight is 415 g/mol. The van der Waals surface area contributed by atoms with Crippen molar-refractivity contribution in [1.29, 1.82) is 0 Å². The summed E-state index contributed by atoms with van der Waals surface area (Å²) >= 11 is 0. The molecule has 0 unspecified atom stereocenters. The van der Waals surface area contributed by atoms with E-state index >= 15 is 0 Å². The van der Waals surface area contributed by atoms with Crippen molar-refractivity contribution in [2.75, 3.05) is 25.0 Å².